The first-order chi connectivity index (χ1) is 8.81. The maximum absolute atomic E-state index is 11.9. The number of halogens is 1. The van der Waals surface area contributed by atoms with E-state index in [-0.39, 0.29) is 23.3 Å². The summed E-state index contributed by atoms with van der Waals surface area (Å²) in [5.41, 5.74) is 0.274. The predicted molar refractivity (Wildman–Crippen MR) is 72.6 cm³/mol. The SMILES string of the molecule is CC(C)OC(=O)c1ccc(Cl)cc1C(=O)OC(C)C. The summed E-state index contributed by atoms with van der Waals surface area (Å²) in [5, 5.41) is 0.358. The first kappa shape index (κ1) is 15.5. The molecule has 0 bridgehead atoms. The predicted octanol–water partition coefficient (Wildman–Crippen LogP) is 3.47. The molecule has 1 rings (SSSR count). The lowest BCUT2D eigenvalue weighted by molar-refractivity contribution is 0.0328. The molecule has 0 saturated carbocycles. The number of ether oxygens (including phenoxy) is 2. The third-order valence-corrected chi connectivity index (χ3v) is 2.34. The molecule has 0 aliphatic heterocycles. The fourth-order valence-corrected chi connectivity index (χ4v) is 1.59. The van der Waals surface area contributed by atoms with Gasteiger partial charge in [0.25, 0.3) is 0 Å². The normalized spacial score (nSPS) is 10.7. The number of carbonyl (C=O) groups excluding carboxylic acids is 2. The minimum Gasteiger partial charge on any atom is -0.459 e. The highest BCUT2D eigenvalue weighted by Gasteiger charge is 2.21. The second-order valence-electron chi connectivity index (χ2n) is 4.60. The van der Waals surface area contributed by atoms with Gasteiger partial charge in [0, 0.05) is 5.02 Å². The summed E-state index contributed by atoms with van der Waals surface area (Å²) in [5.74, 6) is -1.16. The molecule has 0 N–H and O–H groups in total. The fraction of sp³-hybridized carbons (Fsp3) is 0.429. The summed E-state index contributed by atoms with van der Waals surface area (Å²) in [6, 6.07) is 4.40. The number of benzene rings is 1. The molecule has 0 aliphatic carbocycles. The smallest absolute Gasteiger partial charge is 0.339 e. The van der Waals surface area contributed by atoms with E-state index in [4.69, 9.17) is 21.1 Å². The van der Waals surface area contributed by atoms with E-state index < -0.39 is 11.9 Å². The Morgan fingerprint density at radius 3 is 1.89 bits per heavy atom. The van der Waals surface area contributed by atoms with Crippen molar-refractivity contribution in [1.82, 2.24) is 0 Å². The Labute approximate surface area is 117 Å². The van der Waals surface area contributed by atoms with Crippen LogP contribution in [0.3, 0.4) is 0 Å². The lowest BCUT2D eigenvalue weighted by atomic mass is 10.1. The van der Waals surface area contributed by atoms with Crippen LogP contribution in [0.5, 0.6) is 0 Å². The molecule has 4 nitrogen and oxygen atoms in total. The van der Waals surface area contributed by atoms with Crippen molar-refractivity contribution >= 4 is 23.5 Å². The van der Waals surface area contributed by atoms with Crippen molar-refractivity contribution in [1.29, 1.82) is 0 Å². The summed E-state index contributed by atoms with van der Waals surface area (Å²) in [4.78, 5) is 23.8. The average molecular weight is 285 g/mol. The van der Waals surface area contributed by atoms with Gasteiger partial charge < -0.3 is 9.47 Å². The third-order valence-electron chi connectivity index (χ3n) is 2.11. The van der Waals surface area contributed by atoms with Crippen molar-refractivity contribution in [3.8, 4) is 0 Å². The molecule has 0 fully saturated rings. The molecule has 0 heterocycles. The molecule has 0 aromatic heterocycles. The highest BCUT2D eigenvalue weighted by molar-refractivity contribution is 6.31. The van der Waals surface area contributed by atoms with Crippen LogP contribution in [0.1, 0.15) is 48.4 Å². The molecule has 0 saturated heterocycles. The summed E-state index contributed by atoms with van der Waals surface area (Å²) in [7, 11) is 0. The van der Waals surface area contributed by atoms with Crippen molar-refractivity contribution in [3.63, 3.8) is 0 Å². The van der Waals surface area contributed by atoms with E-state index in [1.165, 1.54) is 18.2 Å². The van der Waals surface area contributed by atoms with Gasteiger partial charge in [0.05, 0.1) is 23.3 Å². The lowest BCUT2D eigenvalue weighted by Gasteiger charge is -2.13. The summed E-state index contributed by atoms with van der Waals surface area (Å²) >= 11 is 5.85. The lowest BCUT2D eigenvalue weighted by Crippen LogP contribution is -2.18. The van der Waals surface area contributed by atoms with Crippen LogP contribution in [0.15, 0.2) is 18.2 Å². The average Bonchev–Trinajstić information content (AvgIpc) is 2.26. The molecule has 0 atom stereocenters. The topological polar surface area (TPSA) is 52.6 Å². The van der Waals surface area contributed by atoms with E-state index in [2.05, 4.69) is 0 Å². The van der Waals surface area contributed by atoms with Gasteiger partial charge in [0.15, 0.2) is 0 Å². The third kappa shape index (κ3) is 4.56. The van der Waals surface area contributed by atoms with Gasteiger partial charge in [0.1, 0.15) is 0 Å². The van der Waals surface area contributed by atoms with E-state index in [1.807, 2.05) is 0 Å². The molecular weight excluding hydrogens is 268 g/mol. The van der Waals surface area contributed by atoms with Gasteiger partial charge in [-0.2, -0.15) is 0 Å². The number of hydrogen-bond donors (Lipinski definition) is 0. The Balaban J connectivity index is 3.11. The molecule has 1 aromatic rings. The Bertz CT molecular complexity index is 480. The van der Waals surface area contributed by atoms with Crippen molar-refractivity contribution < 1.29 is 19.1 Å². The molecule has 5 heteroatoms. The molecule has 0 spiro atoms. The minimum absolute atomic E-state index is 0.117. The van der Waals surface area contributed by atoms with Crippen LogP contribution in [0, 0.1) is 0 Å². The van der Waals surface area contributed by atoms with Crippen LogP contribution in [0.25, 0.3) is 0 Å². The molecule has 1 aromatic carbocycles. The first-order valence-electron chi connectivity index (χ1n) is 6.02. The maximum atomic E-state index is 11.9. The molecule has 0 unspecified atom stereocenters. The zero-order valence-electron chi connectivity index (χ0n) is 11.4. The maximum Gasteiger partial charge on any atom is 0.339 e. The van der Waals surface area contributed by atoms with Crippen molar-refractivity contribution in [2.45, 2.75) is 39.9 Å². The zero-order valence-corrected chi connectivity index (χ0v) is 12.2. The van der Waals surface area contributed by atoms with Crippen LogP contribution in [0.2, 0.25) is 5.02 Å². The van der Waals surface area contributed by atoms with Gasteiger partial charge in [-0.3, -0.25) is 0 Å². The fourth-order valence-electron chi connectivity index (χ4n) is 1.42. The van der Waals surface area contributed by atoms with Crippen LogP contribution in [0.4, 0.5) is 0 Å². The van der Waals surface area contributed by atoms with Gasteiger partial charge in [0.2, 0.25) is 0 Å². The van der Waals surface area contributed by atoms with Gasteiger partial charge in [-0.15, -0.1) is 0 Å². The van der Waals surface area contributed by atoms with E-state index in [1.54, 1.807) is 27.7 Å². The van der Waals surface area contributed by atoms with Gasteiger partial charge in [-0.25, -0.2) is 9.59 Å². The molecule has 104 valence electrons. The Hall–Kier alpha value is -1.55. The second-order valence-corrected chi connectivity index (χ2v) is 5.03. The quantitative estimate of drug-likeness (QED) is 0.795. The molecule has 0 aliphatic rings. The van der Waals surface area contributed by atoms with Gasteiger partial charge in [-0.05, 0) is 45.9 Å². The summed E-state index contributed by atoms with van der Waals surface area (Å²) in [6.07, 6.45) is -0.544. The highest BCUT2D eigenvalue weighted by Crippen LogP contribution is 2.19. The number of carbonyl (C=O) groups is 2. The molecule has 19 heavy (non-hydrogen) atoms. The summed E-state index contributed by atoms with van der Waals surface area (Å²) in [6.45, 7) is 6.93. The number of hydrogen-bond acceptors (Lipinski definition) is 4. The summed E-state index contributed by atoms with van der Waals surface area (Å²) < 4.78 is 10.2. The zero-order chi connectivity index (χ0) is 14.6. The van der Waals surface area contributed by atoms with Crippen LogP contribution >= 0.6 is 11.6 Å². The second kappa shape index (κ2) is 6.57. The van der Waals surface area contributed by atoms with Gasteiger partial charge >= 0.3 is 11.9 Å². The molecule has 0 radical (unpaired) electrons. The standard InChI is InChI=1S/C14H17ClO4/c1-8(2)18-13(16)11-6-5-10(15)7-12(11)14(17)19-9(3)4/h5-9H,1-4H3. The van der Waals surface area contributed by atoms with E-state index in [0.717, 1.165) is 0 Å². The number of esters is 2. The van der Waals surface area contributed by atoms with Crippen LogP contribution in [-0.2, 0) is 9.47 Å². The first-order valence-corrected chi connectivity index (χ1v) is 6.40. The largest absolute Gasteiger partial charge is 0.459 e. The van der Waals surface area contributed by atoms with Crippen LogP contribution < -0.4 is 0 Å². The monoisotopic (exact) mass is 284 g/mol. The van der Waals surface area contributed by atoms with E-state index in [9.17, 15) is 9.59 Å². The minimum atomic E-state index is -0.590. The highest BCUT2D eigenvalue weighted by atomic mass is 35.5. The van der Waals surface area contributed by atoms with Crippen molar-refractivity contribution in [2.24, 2.45) is 0 Å². The van der Waals surface area contributed by atoms with Gasteiger partial charge in [-0.1, -0.05) is 11.6 Å². The molecule has 0 amide bonds. The van der Waals surface area contributed by atoms with Crippen molar-refractivity contribution in [2.75, 3.05) is 0 Å². The Morgan fingerprint density at radius 2 is 1.42 bits per heavy atom. The van der Waals surface area contributed by atoms with Crippen LogP contribution in [-0.4, -0.2) is 24.1 Å². The number of rotatable bonds is 4. The van der Waals surface area contributed by atoms with E-state index in [0.29, 0.717) is 5.02 Å². The molecular formula is C14H17ClO4. The van der Waals surface area contributed by atoms with Crippen molar-refractivity contribution in [3.05, 3.63) is 34.3 Å². The Morgan fingerprint density at radius 1 is 0.947 bits per heavy atom. The van der Waals surface area contributed by atoms with E-state index >= 15 is 0 Å². The Kier molecular flexibility index (Phi) is 5.36.